The van der Waals surface area contributed by atoms with E-state index in [9.17, 15) is 4.79 Å². The SMILES string of the molecule is CCCOC(=O)[CH]CC(C)C. The van der Waals surface area contributed by atoms with Crippen molar-refractivity contribution in [2.24, 2.45) is 5.92 Å². The Morgan fingerprint density at radius 2 is 2.18 bits per heavy atom. The van der Waals surface area contributed by atoms with Gasteiger partial charge in [0, 0.05) is 0 Å². The largest absolute Gasteiger partial charge is 0.465 e. The monoisotopic (exact) mass is 157 g/mol. The molecule has 0 bridgehead atoms. The summed E-state index contributed by atoms with van der Waals surface area (Å²) in [5.41, 5.74) is 0. The van der Waals surface area contributed by atoms with Gasteiger partial charge >= 0.3 is 5.97 Å². The summed E-state index contributed by atoms with van der Waals surface area (Å²) in [6.07, 6.45) is 3.31. The van der Waals surface area contributed by atoms with Crippen molar-refractivity contribution in [1.82, 2.24) is 0 Å². The second-order valence-electron chi connectivity index (χ2n) is 3.00. The van der Waals surface area contributed by atoms with Crippen molar-refractivity contribution in [3.8, 4) is 0 Å². The lowest BCUT2D eigenvalue weighted by atomic mass is 10.1. The molecule has 2 heteroatoms. The zero-order valence-corrected chi connectivity index (χ0v) is 7.59. The number of hydrogen-bond acceptors (Lipinski definition) is 2. The van der Waals surface area contributed by atoms with Gasteiger partial charge in [0.15, 0.2) is 0 Å². The van der Waals surface area contributed by atoms with Gasteiger partial charge in [-0.2, -0.15) is 0 Å². The van der Waals surface area contributed by atoms with Gasteiger partial charge in [-0.1, -0.05) is 20.8 Å². The molecule has 0 aliphatic heterocycles. The molecule has 0 amide bonds. The first-order chi connectivity index (χ1) is 5.16. The van der Waals surface area contributed by atoms with Crippen LogP contribution < -0.4 is 0 Å². The number of carbonyl (C=O) groups excluding carboxylic acids is 1. The van der Waals surface area contributed by atoms with Gasteiger partial charge in [-0.3, -0.25) is 4.79 Å². The van der Waals surface area contributed by atoms with Gasteiger partial charge in [0.2, 0.25) is 0 Å². The molecule has 65 valence electrons. The lowest BCUT2D eigenvalue weighted by Gasteiger charge is -2.03. The number of carbonyl (C=O) groups is 1. The fourth-order valence-electron chi connectivity index (χ4n) is 0.594. The van der Waals surface area contributed by atoms with Crippen LogP contribution in [0.5, 0.6) is 0 Å². The Morgan fingerprint density at radius 1 is 1.55 bits per heavy atom. The molecule has 0 N–H and O–H groups in total. The Labute approximate surface area is 68.9 Å². The predicted molar refractivity (Wildman–Crippen MR) is 45.0 cm³/mol. The van der Waals surface area contributed by atoms with E-state index in [4.69, 9.17) is 4.74 Å². The van der Waals surface area contributed by atoms with Crippen LogP contribution in [0, 0.1) is 12.3 Å². The minimum Gasteiger partial charge on any atom is -0.465 e. The average molecular weight is 157 g/mol. The quantitative estimate of drug-likeness (QED) is 0.572. The molecule has 0 unspecified atom stereocenters. The van der Waals surface area contributed by atoms with Crippen LogP contribution in [0.1, 0.15) is 33.6 Å². The molecule has 2 nitrogen and oxygen atoms in total. The molecule has 0 aromatic rings. The summed E-state index contributed by atoms with van der Waals surface area (Å²) in [7, 11) is 0. The topological polar surface area (TPSA) is 26.3 Å². The van der Waals surface area contributed by atoms with Gasteiger partial charge in [-0.15, -0.1) is 0 Å². The second kappa shape index (κ2) is 6.20. The number of rotatable bonds is 5. The highest BCUT2D eigenvalue weighted by Gasteiger charge is 2.03. The molecule has 0 fully saturated rings. The minimum absolute atomic E-state index is 0.180. The maximum atomic E-state index is 10.8. The van der Waals surface area contributed by atoms with E-state index >= 15 is 0 Å². The maximum absolute atomic E-state index is 10.8. The Kier molecular flexibility index (Phi) is 5.90. The zero-order valence-electron chi connectivity index (χ0n) is 7.59. The first kappa shape index (κ1) is 10.5. The van der Waals surface area contributed by atoms with Crippen LogP contribution >= 0.6 is 0 Å². The van der Waals surface area contributed by atoms with Crippen molar-refractivity contribution >= 4 is 5.97 Å². The lowest BCUT2D eigenvalue weighted by molar-refractivity contribution is -0.139. The summed E-state index contributed by atoms with van der Waals surface area (Å²) in [6, 6.07) is 0. The lowest BCUT2D eigenvalue weighted by Crippen LogP contribution is -2.07. The first-order valence-electron chi connectivity index (χ1n) is 4.16. The van der Waals surface area contributed by atoms with Crippen molar-refractivity contribution in [2.75, 3.05) is 6.61 Å². The third kappa shape index (κ3) is 7.37. The Morgan fingerprint density at radius 3 is 2.64 bits per heavy atom. The molecule has 0 heterocycles. The van der Waals surface area contributed by atoms with E-state index < -0.39 is 0 Å². The summed E-state index contributed by atoms with van der Waals surface area (Å²) >= 11 is 0. The Balaban J connectivity index is 3.23. The van der Waals surface area contributed by atoms with E-state index in [1.54, 1.807) is 6.42 Å². The molecular formula is C9H17O2. The molecule has 0 atom stereocenters. The standard InChI is InChI=1S/C9H17O2/c1-4-7-11-9(10)6-5-8(2)3/h6,8H,4-5,7H2,1-3H3. The van der Waals surface area contributed by atoms with Crippen LogP contribution in [-0.4, -0.2) is 12.6 Å². The highest BCUT2D eigenvalue weighted by atomic mass is 16.5. The molecule has 0 aromatic heterocycles. The van der Waals surface area contributed by atoms with Crippen LogP contribution in [0.3, 0.4) is 0 Å². The summed E-state index contributed by atoms with van der Waals surface area (Å²) in [5, 5.41) is 0. The van der Waals surface area contributed by atoms with E-state index in [1.807, 2.05) is 6.92 Å². The highest BCUT2D eigenvalue weighted by molar-refractivity contribution is 5.78. The molecule has 11 heavy (non-hydrogen) atoms. The van der Waals surface area contributed by atoms with Crippen LogP contribution in [-0.2, 0) is 9.53 Å². The third-order valence-electron chi connectivity index (χ3n) is 1.20. The molecule has 0 saturated carbocycles. The van der Waals surface area contributed by atoms with Gasteiger partial charge in [0.25, 0.3) is 0 Å². The molecule has 1 radical (unpaired) electrons. The van der Waals surface area contributed by atoms with Gasteiger partial charge in [0.05, 0.1) is 13.0 Å². The predicted octanol–water partition coefficient (Wildman–Crippen LogP) is 2.19. The summed E-state index contributed by atoms with van der Waals surface area (Å²) in [5.74, 6) is 0.352. The van der Waals surface area contributed by atoms with Gasteiger partial charge in [-0.05, 0) is 18.8 Å². The van der Waals surface area contributed by atoms with Crippen LogP contribution in [0.2, 0.25) is 0 Å². The smallest absolute Gasteiger partial charge is 0.309 e. The molecule has 0 rings (SSSR count). The fraction of sp³-hybridized carbons (Fsp3) is 0.778. The zero-order chi connectivity index (χ0) is 8.69. The molecule has 0 aliphatic rings. The van der Waals surface area contributed by atoms with Gasteiger partial charge in [-0.25, -0.2) is 0 Å². The number of esters is 1. The van der Waals surface area contributed by atoms with E-state index in [0.29, 0.717) is 12.5 Å². The first-order valence-corrected chi connectivity index (χ1v) is 4.16. The van der Waals surface area contributed by atoms with Crippen LogP contribution in [0.25, 0.3) is 0 Å². The van der Waals surface area contributed by atoms with Crippen molar-refractivity contribution in [1.29, 1.82) is 0 Å². The van der Waals surface area contributed by atoms with Crippen molar-refractivity contribution in [3.05, 3.63) is 6.42 Å². The molecular weight excluding hydrogens is 140 g/mol. The van der Waals surface area contributed by atoms with Crippen LogP contribution in [0.15, 0.2) is 0 Å². The van der Waals surface area contributed by atoms with Gasteiger partial charge in [0.1, 0.15) is 0 Å². The van der Waals surface area contributed by atoms with Crippen molar-refractivity contribution in [3.63, 3.8) is 0 Å². The van der Waals surface area contributed by atoms with Crippen molar-refractivity contribution < 1.29 is 9.53 Å². The maximum Gasteiger partial charge on any atom is 0.309 e. The molecule has 0 saturated heterocycles. The third-order valence-corrected chi connectivity index (χ3v) is 1.20. The number of ether oxygens (including phenoxy) is 1. The Hall–Kier alpha value is -0.530. The van der Waals surface area contributed by atoms with E-state index in [2.05, 4.69) is 13.8 Å². The average Bonchev–Trinajstić information content (AvgIpc) is 1.97. The summed E-state index contributed by atoms with van der Waals surface area (Å²) in [4.78, 5) is 10.8. The normalized spacial score (nSPS) is 10.2. The summed E-state index contributed by atoms with van der Waals surface area (Å²) < 4.78 is 4.85. The number of hydrogen-bond donors (Lipinski definition) is 0. The Bertz CT molecular complexity index is 108. The second-order valence-corrected chi connectivity index (χ2v) is 3.00. The minimum atomic E-state index is -0.180. The highest BCUT2D eigenvalue weighted by Crippen LogP contribution is 2.03. The molecule has 0 aliphatic carbocycles. The van der Waals surface area contributed by atoms with Gasteiger partial charge < -0.3 is 4.74 Å². The van der Waals surface area contributed by atoms with E-state index in [1.165, 1.54) is 0 Å². The summed E-state index contributed by atoms with van der Waals surface area (Å²) in [6.45, 7) is 6.66. The molecule has 0 spiro atoms. The van der Waals surface area contributed by atoms with Crippen molar-refractivity contribution in [2.45, 2.75) is 33.6 Å². The van der Waals surface area contributed by atoms with Crippen LogP contribution in [0.4, 0.5) is 0 Å². The van der Waals surface area contributed by atoms with E-state index in [0.717, 1.165) is 12.8 Å². The van der Waals surface area contributed by atoms with E-state index in [-0.39, 0.29) is 5.97 Å². The molecule has 0 aromatic carbocycles. The fourth-order valence-corrected chi connectivity index (χ4v) is 0.594.